The fourth-order valence-electron chi connectivity index (χ4n) is 3.92. The topological polar surface area (TPSA) is 73.2 Å². The molecule has 0 aromatic heterocycles. The van der Waals surface area contributed by atoms with E-state index >= 15 is 0 Å². The van der Waals surface area contributed by atoms with E-state index in [2.05, 4.69) is 0 Å². The van der Waals surface area contributed by atoms with Crippen molar-refractivity contribution in [3.05, 3.63) is 95.1 Å². The molecule has 3 N–H and O–H groups in total. The third kappa shape index (κ3) is 4.17. The Morgan fingerprint density at radius 1 is 0.576 bits per heavy atom. The molecular formula is C28H27NO4. The van der Waals surface area contributed by atoms with Gasteiger partial charge in [0.2, 0.25) is 0 Å². The number of anilines is 3. The first-order chi connectivity index (χ1) is 15.8. The molecule has 0 heterocycles. The zero-order valence-electron chi connectivity index (χ0n) is 19.1. The van der Waals surface area contributed by atoms with Crippen LogP contribution in [0.5, 0.6) is 28.7 Å². The molecule has 0 saturated heterocycles. The van der Waals surface area contributed by atoms with Gasteiger partial charge in [-0.1, -0.05) is 36.4 Å². The lowest BCUT2D eigenvalue weighted by Crippen LogP contribution is -2.13. The van der Waals surface area contributed by atoms with Crippen LogP contribution >= 0.6 is 0 Å². The summed E-state index contributed by atoms with van der Waals surface area (Å²) in [6.45, 7) is 7.54. The average molecular weight is 442 g/mol. The molecule has 0 atom stereocenters. The molecular weight excluding hydrogens is 414 g/mol. The Morgan fingerprint density at radius 2 is 1.09 bits per heavy atom. The Labute approximate surface area is 193 Å². The molecule has 0 amide bonds. The third-order valence-corrected chi connectivity index (χ3v) is 5.73. The number of hydrogen-bond donors (Lipinski definition) is 3. The molecule has 4 aromatic rings. The van der Waals surface area contributed by atoms with Crippen molar-refractivity contribution in [1.29, 1.82) is 0 Å². The molecule has 5 nitrogen and oxygen atoms in total. The van der Waals surface area contributed by atoms with Crippen molar-refractivity contribution in [3.8, 4) is 28.7 Å². The number of hydrogen-bond acceptors (Lipinski definition) is 5. The van der Waals surface area contributed by atoms with E-state index in [0.717, 1.165) is 27.9 Å². The van der Waals surface area contributed by atoms with Gasteiger partial charge in [-0.15, -0.1) is 0 Å². The second kappa shape index (κ2) is 8.79. The molecule has 168 valence electrons. The number of rotatable bonds is 5. The van der Waals surface area contributed by atoms with Gasteiger partial charge in [0.1, 0.15) is 17.2 Å². The van der Waals surface area contributed by atoms with Gasteiger partial charge >= 0.3 is 0 Å². The molecule has 4 aromatic carbocycles. The Balaban J connectivity index is 1.81. The van der Waals surface area contributed by atoms with E-state index in [-0.39, 0.29) is 17.2 Å². The van der Waals surface area contributed by atoms with Crippen molar-refractivity contribution in [2.24, 2.45) is 0 Å². The summed E-state index contributed by atoms with van der Waals surface area (Å²) in [5, 5.41) is 31.9. The second-order valence-corrected chi connectivity index (χ2v) is 8.19. The monoisotopic (exact) mass is 441 g/mol. The van der Waals surface area contributed by atoms with Crippen molar-refractivity contribution in [3.63, 3.8) is 0 Å². The van der Waals surface area contributed by atoms with Gasteiger partial charge in [0, 0.05) is 5.69 Å². The summed E-state index contributed by atoms with van der Waals surface area (Å²) in [7, 11) is 0. The normalized spacial score (nSPS) is 10.8. The number of phenols is 3. The number of para-hydroxylation sites is 2. The van der Waals surface area contributed by atoms with Crippen LogP contribution in [0.1, 0.15) is 22.3 Å². The SMILES string of the molecule is Cc1ccc(C)c(Oc2ccc(N(c3c(C)cccc3O)c3c(C)cccc3O)cc2)c1O. The minimum Gasteiger partial charge on any atom is -0.506 e. The third-order valence-electron chi connectivity index (χ3n) is 5.73. The maximum Gasteiger partial charge on any atom is 0.172 e. The van der Waals surface area contributed by atoms with Crippen molar-refractivity contribution in [2.45, 2.75) is 27.7 Å². The number of aryl methyl sites for hydroxylation is 4. The Kier molecular flexibility index (Phi) is 5.88. The van der Waals surface area contributed by atoms with E-state index in [1.807, 2.05) is 69.0 Å². The summed E-state index contributed by atoms with van der Waals surface area (Å²) in [6.07, 6.45) is 0. The molecule has 33 heavy (non-hydrogen) atoms. The largest absolute Gasteiger partial charge is 0.506 e. The lowest BCUT2D eigenvalue weighted by molar-refractivity contribution is 0.406. The highest BCUT2D eigenvalue weighted by atomic mass is 16.5. The summed E-state index contributed by atoms with van der Waals surface area (Å²) in [4.78, 5) is 1.84. The highest BCUT2D eigenvalue weighted by Crippen LogP contribution is 2.47. The molecule has 0 aliphatic carbocycles. The minimum absolute atomic E-state index is 0.110. The van der Waals surface area contributed by atoms with Crippen LogP contribution < -0.4 is 9.64 Å². The van der Waals surface area contributed by atoms with Crippen LogP contribution in [0.4, 0.5) is 17.1 Å². The summed E-state index contributed by atoms with van der Waals surface area (Å²) in [5.41, 5.74) is 5.20. The summed E-state index contributed by atoms with van der Waals surface area (Å²) in [6, 6.07) is 21.7. The van der Waals surface area contributed by atoms with Gasteiger partial charge in [-0.05, 0) is 86.3 Å². The van der Waals surface area contributed by atoms with Crippen LogP contribution in [-0.2, 0) is 0 Å². The number of aromatic hydroxyl groups is 3. The van der Waals surface area contributed by atoms with Gasteiger partial charge in [-0.3, -0.25) is 0 Å². The van der Waals surface area contributed by atoms with Gasteiger partial charge in [0.05, 0.1) is 11.4 Å². The van der Waals surface area contributed by atoms with Gasteiger partial charge in [0.25, 0.3) is 0 Å². The van der Waals surface area contributed by atoms with Crippen LogP contribution in [0.3, 0.4) is 0 Å². The van der Waals surface area contributed by atoms with E-state index in [1.165, 1.54) is 0 Å². The Hall–Kier alpha value is -4.12. The maximum atomic E-state index is 10.7. The van der Waals surface area contributed by atoms with Gasteiger partial charge in [0.15, 0.2) is 11.5 Å². The molecule has 0 bridgehead atoms. The molecule has 0 aliphatic heterocycles. The average Bonchev–Trinajstić information content (AvgIpc) is 2.78. The number of nitrogens with zero attached hydrogens (tertiary/aromatic N) is 1. The van der Waals surface area contributed by atoms with Gasteiger partial charge in [-0.2, -0.15) is 0 Å². The van der Waals surface area contributed by atoms with Crippen molar-refractivity contribution >= 4 is 17.1 Å². The van der Waals surface area contributed by atoms with Crippen molar-refractivity contribution in [2.75, 3.05) is 4.90 Å². The predicted octanol–water partition coefficient (Wildman–Crippen LogP) is 7.30. The molecule has 0 saturated carbocycles. The highest BCUT2D eigenvalue weighted by Gasteiger charge is 2.22. The second-order valence-electron chi connectivity index (χ2n) is 8.19. The molecule has 0 spiro atoms. The van der Waals surface area contributed by atoms with Crippen LogP contribution in [-0.4, -0.2) is 15.3 Å². The first-order valence-electron chi connectivity index (χ1n) is 10.7. The van der Waals surface area contributed by atoms with Crippen molar-refractivity contribution < 1.29 is 20.1 Å². The summed E-state index contributed by atoms with van der Waals surface area (Å²) in [5.74, 6) is 1.32. The molecule has 4 rings (SSSR count). The molecule has 0 radical (unpaired) electrons. The fraction of sp³-hybridized carbons (Fsp3) is 0.143. The lowest BCUT2D eigenvalue weighted by Gasteiger charge is -2.29. The van der Waals surface area contributed by atoms with Crippen LogP contribution in [0.25, 0.3) is 0 Å². The number of benzene rings is 4. The first-order valence-corrected chi connectivity index (χ1v) is 10.7. The number of ether oxygens (including phenoxy) is 1. The molecule has 0 unspecified atom stereocenters. The predicted molar refractivity (Wildman–Crippen MR) is 132 cm³/mol. The molecule has 5 heteroatoms. The maximum absolute atomic E-state index is 10.7. The number of phenolic OH excluding ortho intramolecular Hbond substituents is 3. The first kappa shape index (κ1) is 22.1. The van der Waals surface area contributed by atoms with Crippen LogP contribution in [0.2, 0.25) is 0 Å². The zero-order chi connectivity index (χ0) is 23.7. The van der Waals surface area contributed by atoms with Gasteiger partial charge in [-0.25, -0.2) is 0 Å². The Morgan fingerprint density at radius 3 is 1.61 bits per heavy atom. The van der Waals surface area contributed by atoms with E-state index in [1.54, 1.807) is 36.4 Å². The summed E-state index contributed by atoms with van der Waals surface area (Å²) < 4.78 is 5.99. The van der Waals surface area contributed by atoms with E-state index < -0.39 is 0 Å². The van der Waals surface area contributed by atoms with Gasteiger partial charge < -0.3 is 25.0 Å². The minimum atomic E-state index is 0.110. The van der Waals surface area contributed by atoms with E-state index in [9.17, 15) is 15.3 Å². The fourth-order valence-corrected chi connectivity index (χ4v) is 3.92. The zero-order valence-corrected chi connectivity index (χ0v) is 19.1. The lowest BCUT2D eigenvalue weighted by atomic mass is 10.1. The van der Waals surface area contributed by atoms with Crippen LogP contribution in [0.15, 0.2) is 72.8 Å². The van der Waals surface area contributed by atoms with Crippen molar-refractivity contribution in [1.82, 2.24) is 0 Å². The molecule has 0 aliphatic rings. The standard InChI is InChI=1S/C28H27NO4/c1-17-7-5-9-23(30)25(17)29(26-18(2)8-6-10-24(26)31)21-13-15-22(16-14-21)33-28-20(4)12-11-19(3)27(28)32/h5-16,30-32H,1-4H3. The quantitative estimate of drug-likeness (QED) is 0.303. The summed E-state index contributed by atoms with van der Waals surface area (Å²) >= 11 is 0. The van der Waals surface area contributed by atoms with Crippen LogP contribution in [0, 0.1) is 27.7 Å². The highest BCUT2D eigenvalue weighted by molar-refractivity contribution is 5.86. The van der Waals surface area contributed by atoms with E-state index in [0.29, 0.717) is 22.9 Å². The smallest absolute Gasteiger partial charge is 0.172 e. The Bertz CT molecular complexity index is 1220. The molecule has 0 fully saturated rings. The van der Waals surface area contributed by atoms with E-state index in [4.69, 9.17) is 4.74 Å².